The van der Waals surface area contributed by atoms with Crippen LogP contribution in [0.3, 0.4) is 0 Å². The largest absolute Gasteiger partial charge is 0.496 e. The number of nitrogens with two attached hydrogens (primary N) is 1. The number of allylic oxidation sites excluding steroid dienone is 1. The van der Waals surface area contributed by atoms with Gasteiger partial charge < -0.3 is 24.5 Å². The Labute approximate surface area is 195 Å². The maximum atomic E-state index is 13.2. The van der Waals surface area contributed by atoms with E-state index in [0.717, 1.165) is 58.6 Å². The molecule has 0 bridgehead atoms. The second-order valence-corrected chi connectivity index (χ2v) is 8.74. The molecule has 0 saturated heterocycles. The van der Waals surface area contributed by atoms with Crippen molar-refractivity contribution in [1.29, 1.82) is 0 Å². The van der Waals surface area contributed by atoms with E-state index in [1.54, 1.807) is 7.11 Å². The van der Waals surface area contributed by atoms with Crippen molar-refractivity contribution in [3.8, 4) is 22.6 Å². The van der Waals surface area contributed by atoms with Gasteiger partial charge in [0, 0.05) is 53.8 Å². The first-order valence-corrected chi connectivity index (χ1v) is 11.5. The second-order valence-electron chi connectivity index (χ2n) is 8.74. The van der Waals surface area contributed by atoms with E-state index in [-0.39, 0.29) is 24.7 Å². The summed E-state index contributed by atoms with van der Waals surface area (Å²) in [7, 11) is 3.65. The van der Waals surface area contributed by atoms with Crippen LogP contribution in [0.5, 0.6) is 11.5 Å². The first-order valence-electron chi connectivity index (χ1n) is 11.5. The number of esters is 1. The van der Waals surface area contributed by atoms with Gasteiger partial charge in [-0.1, -0.05) is 6.92 Å². The zero-order valence-corrected chi connectivity index (χ0v) is 19.8. The lowest BCUT2D eigenvalue weighted by Crippen LogP contribution is -2.23. The van der Waals surface area contributed by atoms with E-state index in [0.29, 0.717) is 12.0 Å². The molecule has 2 unspecified atom stereocenters. The maximum Gasteiger partial charge on any atom is 0.346 e. The third-order valence-electron chi connectivity index (χ3n) is 6.33. The summed E-state index contributed by atoms with van der Waals surface area (Å²) in [4.78, 5) is 13.2. The van der Waals surface area contributed by atoms with Crippen LogP contribution in [0.2, 0.25) is 0 Å². The average molecular weight is 449 g/mol. The molecule has 6 heteroatoms. The van der Waals surface area contributed by atoms with Crippen molar-refractivity contribution < 1.29 is 19.0 Å². The Kier molecular flexibility index (Phi) is 6.77. The molecular weight excluding hydrogens is 416 g/mol. The SMILES string of the molecule is CCC=C=C(C(=O)OC1CCC(N)C1)C1=C(C)c2cc(-c3ccn(C)c3)c(OC)cc2OC1. The van der Waals surface area contributed by atoms with Crippen molar-refractivity contribution in [2.75, 3.05) is 13.7 Å². The molecule has 1 aliphatic carbocycles. The Morgan fingerprint density at radius 2 is 2.15 bits per heavy atom. The van der Waals surface area contributed by atoms with Crippen LogP contribution < -0.4 is 15.2 Å². The van der Waals surface area contributed by atoms with Crippen LogP contribution >= 0.6 is 0 Å². The quantitative estimate of drug-likeness (QED) is 0.391. The summed E-state index contributed by atoms with van der Waals surface area (Å²) in [5, 5.41) is 0. The smallest absolute Gasteiger partial charge is 0.346 e. The molecule has 0 amide bonds. The molecule has 0 spiro atoms. The molecule has 2 aromatic rings. The Morgan fingerprint density at radius 3 is 2.79 bits per heavy atom. The topological polar surface area (TPSA) is 75.7 Å². The molecule has 2 atom stereocenters. The van der Waals surface area contributed by atoms with E-state index in [2.05, 4.69) is 11.8 Å². The van der Waals surface area contributed by atoms with Crippen LogP contribution in [0, 0.1) is 0 Å². The number of carbonyl (C=O) groups is 1. The van der Waals surface area contributed by atoms with Crippen LogP contribution in [0.4, 0.5) is 0 Å². The van der Waals surface area contributed by atoms with Crippen LogP contribution in [0.15, 0.2) is 53.5 Å². The monoisotopic (exact) mass is 448 g/mol. The van der Waals surface area contributed by atoms with Crippen molar-refractivity contribution in [2.45, 2.75) is 51.7 Å². The molecular formula is C27H32N2O4. The second kappa shape index (κ2) is 9.74. The van der Waals surface area contributed by atoms with Gasteiger partial charge in [0.2, 0.25) is 0 Å². The molecule has 33 heavy (non-hydrogen) atoms. The van der Waals surface area contributed by atoms with Gasteiger partial charge in [-0.05, 0) is 56.4 Å². The van der Waals surface area contributed by atoms with Gasteiger partial charge in [0.15, 0.2) is 0 Å². The van der Waals surface area contributed by atoms with Crippen molar-refractivity contribution in [3.63, 3.8) is 0 Å². The van der Waals surface area contributed by atoms with E-state index >= 15 is 0 Å². The lowest BCUT2D eigenvalue weighted by atomic mass is 9.91. The fourth-order valence-corrected chi connectivity index (χ4v) is 4.48. The van der Waals surface area contributed by atoms with Gasteiger partial charge in [-0.25, -0.2) is 4.79 Å². The summed E-state index contributed by atoms with van der Waals surface area (Å²) in [5.41, 5.74) is 14.3. The fourth-order valence-electron chi connectivity index (χ4n) is 4.48. The van der Waals surface area contributed by atoms with Gasteiger partial charge in [-0.15, -0.1) is 5.73 Å². The van der Waals surface area contributed by atoms with Crippen LogP contribution in [-0.4, -0.2) is 36.4 Å². The molecule has 6 nitrogen and oxygen atoms in total. The highest BCUT2D eigenvalue weighted by Crippen LogP contribution is 2.43. The number of hydrogen-bond acceptors (Lipinski definition) is 5. The number of ether oxygens (including phenoxy) is 3. The van der Waals surface area contributed by atoms with E-state index in [1.807, 2.05) is 56.1 Å². The zero-order chi connectivity index (χ0) is 23.5. The number of methoxy groups -OCH3 is 1. The number of aromatic nitrogens is 1. The van der Waals surface area contributed by atoms with Crippen LogP contribution in [0.1, 0.15) is 45.1 Å². The molecule has 2 heterocycles. The minimum absolute atomic E-state index is 0.0960. The molecule has 2 aliphatic rings. The minimum Gasteiger partial charge on any atom is -0.496 e. The Bertz CT molecular complexity index is 1150. The average Bonchev–Trinajstić information content (AvgIpc) is 3.42. The lowest BCUT2D eigenvalue weighted by Gasteiger charge is -2.25. The number of benzene rings is 1. The van der Waals surface area contributed by atoms with E-state index < -0.39 is 0 Å². The lowest BCUT2D eigenvalue weighted by molar-refractivity contribution is -0.143. The van der Waals surface area contributed by atoms with Crippen molar-refractivity contribution in [1.82, 2.24) is 4.57 Å². The number of hydrogen-bond donors (Lipinski definition) is 1. The molecule has 0 radical (unpaired) electrons. The molecule has 1 saturated carbocycles. The third kappa shape index (κ3) is 4.77. The van der Waals surface area contributed by atoms with Crippen LogP contribution in [-0.2, 0) is 16.6 Å². The number of carbonyl (C=O) groups excluding carboxylic acids is 1. The highest BCUT2D eigenvalue weighted by Gasteiger charge is 2.30. The number of rotatable bonds is 6. The highest BCUT2D eigenvalue weighted by molar-refractivity contribution is 5.98. The Balaban J connectivity index is 1.75. The van der Waals surface area contributed by atoms with E-state index in [1.165, 1.54) is 0 Å². The molecule has 1 aliphatic heterocycles. The van der Waals surface area contributed by atoms with Crippen molar-refractivity contribution >= 4 is 11.5 Å². The number of nitrogens with zero attached hydrogens (tertiary/aromatic N) is 1. The van der Waals surface area contributed by atoms with Gasteiger partial charge in [0.1, 0.15) is 29.8 Å². The van der Waals surface area contributed by atoms with Gasteiger partial charge >= 0.3 is 5.97 Å². The molecule has 174 valence electrons. The standard InChI is InChI=1S/C27H32N2O4/c1-5-6-7-21(27(30)33-20-9-8-19(28)12-20)24-16-32-26-14-25(31-4)23(13-22(26)17(24)2)18-10-11-29(3)15-18/h6,10-11,13-15,19-20H,5,8-9,12,16,28H2,1-4H3. The highest BCUT2D eigenvalue weighted by atomic mass is 16.5. The predicted molar refractivity (Wildman–Crippen MR) is 129 cm³/mol. The zero-order valence-electron chi connectivity index (χ0n) is 19.8. The van der Waals surface area contributed by atoms with E-state index in [4.69, 9.17) is 19.9 Å². The van der Waals surface area contributed by atoms with Gasteiger partial charge in [-0.3, -0.25) is 0 Å². The first-order chi connectivity index (χ1) is 15.9. The molecule has 1 fully saturated rings. The van der Waals surface area contributed by atoms with Crippen molar-refractivity contribution in [2.24, 2.45) is 12.8 Å². The third-order valence-corrected chi connectivity index (χ3v) is 6.33. The van der Waals surface area contributed by atoms with Crippen molar-refractivity contribution in [3.05, 3.63) is 59.1 Å². The van der Waals surface area contributed by atoms with E-state index in [9.17, 15) is 4.79 Å². The predicted octanol–water partition coefficient (Wildman–Crippen LogP) is 4.78. The fraction of sp³-hybridized carbons (Fsp3) is 0.407. The Morgan fingerprint density at radius 1 is 1.33 bits per heavy atom. The van der Waals surface area contributed by atoms with Gasteiger partial charge in [0.05, 0.1) is 7.11 Å². The summed E-state index contributed by atoms with van der Waals surface area (Å²) in [6, 6.07) is 6.13. The summed E-state index contributed by atoms with van der Waals surface area (Å²) in [6.07, 6.45) is 8.92. The molecule has 1 aromatic heterocycles. The number of aryl methyl sites for hydroxylation is 1. The first kappa shape index (κ1) is 23.0. The van der Waals surface area contributed by atoms with Gasteiger partial charge in [0.25, 0.3) is 0 Å². The maximum absolute atomic E-state index is 13.2. The molecule has 4 rings (SSSR count). The minimum atomic E-state index is -0.364. The number of fused-ring (bicyclic) bond motifs is 1. The summed E-state index contributed by atoms with van der Waals surface area (Å²) < 4.78 is 19.6. The summed E-state index contributed by atoms with van der Waals surface area (Å²) >= 11 is 0. The summed E-state index contributed by atoms with van der Waals surface area (Å²) in [6.45, 7) is 4.30. The van der Waals surface area contributed by atoms with Crippen LogP contribution in [0.25, 0.3) is 16.7 Å². The summed E-state index contributed by atoms with van der Waals surface area (Å²) in [5.74, 6) is 1.12. The Hall–Kier alpha value is -3.21. The van der Waals surface area contributed by atoms with Gasteiger partial charge in [-0.2, -0.15) is 0 Å². The molecule has 1 aromatic carbocycles. The normalized spacial score (nSPS) is 19.4. The molecule has 2 N–H and O–H groups in total.